The standard InChI is InChI=1S/C21H29N3OS/c1-4-22-13-16-9-11-24(12-10-16)21(25)19-14-26-20(23-19)18-7-5-17(6-8-18)15(2)3/h5-8,14-16,22H,4,9-13H2,1-3H3. The highest BCUT2D eigenvalue weighted by molar-refractivity contribution is 7.13. The molecule has 1 aliphatic heterocycles. The van der Waals surface area contributed by atoms with E-state index in [4.69, 9.17) is 0 Å². The lowest BCUT2D eigenvalue weighted by molar-refractivity contribution is 0.0685. The maximum absolute atomic E-state index is 12.8. The van der Waals surface area contributed by atoms with Crippen LogP contribution in [0.4, 0.5) is 0 Å². The summed E-state index contributed by atoms with van der Waals surface area (Å²) in [6, 6.07) is 8.51. The minimum atomic E-state index is 0.0770. The molecule has 1 fully saturated rings. The summed E-state index contributed by atoms with van der Waals surface area (Å²) >= 11 is 1.55. The Hall–Kier alpha value is -1.72. The van der Waals surface area contributed by atoms with E-state index in [1.807, 2.05) is 10.3 Å². The van der Waals surface area contributed by atoms with Gasteiger partial charge in [-0.05, 0) is 43.3 Å². The third-order valence-corrected chi connectivity index (χ3v) is 6.02. The van der Waals surface area contributed by atoms with E-state index in [1.54, 1.807) is 11.3 Å². The van der Waals surface area contributed by atoms with Gasteiger partial charge in [-0.15, -0.1) is 11.3 Å². The fraction of sp³-hybridized carbons (Fsp3) is 0.524. The molecule has 1 N–H and O–H groups in total. The Morgan fingerprint density at radius 1 is 1.27 bits per heavy atom. The van der Waals surface area contributed by atoms with Gasteiger partial charge in [0.1, 0.15) is 10.7 Å². The third kappa shape index (κ3) is 4.51. The van der Waals surface area contributed by atoms with Crippen molar-refractivity contribution in [2.45, 2.75) is 39.5 Å². The first-order chi connectivity index (χ1) is 12.6. The van der Waals surface area contributed by atoms with Gasteiger partial charge in [-0.2, -0.15) is 0 Å². The molecule has 0 atom stereocenters. The molecular weight excluding hydrogens is 342 g/mol. The number of nitrogens with zero attached hydrogens (tertiary/aromatic N) is 2. The minimum Gasteiger partial charge on any atom is -0.337 e. The molecule has 26 heavy (non-hydrogen) atoms. The molecule has 4 nitrogen and oxygen atoms in total. The van der Waals surface area contributed by atoms with Crippen LogP contribution in [-0.2, 0) is 0 Å². The lowest BCUT2D eigenvalue weighted by Crippen LogP contribution is -2.40. The van der Waals surface area contributed by atoms with Crippen LogP contribution in [0.3, 0.4) is 0 Å². The maximum atomic E-state index is 12.8. The number of hydrogen-bond donors (Lipinski definition) is 1. The van der Waals surface area contributed by atoms with Gasteiger partial charge in [-0.3, -0.25) is 4.79 Å². The van der Waals surface area contributed by atoms with E-state index in [9.17, 15) is 4.79 Å². The fourth-order valence-electron chi connectivity index (χ4n) is 3.37. The van der Waals surface area contributed by atoms with Gasteiger partial charge < -0.3 is 10.2 Å². The van der Waals surface area contributed by atoms with Gasteiger partial charge in [-0.1, -0.05) is 45.0 Å². The molecule has 0 bridgehead atoms. The van der Waals surface area contributed by atoms with E-state index in [0.717, 1.165) is 49.6 Å². The summed E-state index contributed by atoms with van der Waals surface area (Å²) < 4.78 is 0. The molecule has 140 valence electrons. The lowest BCUT2D eigenvalue weighted by Gasteiger charge is -2.31. The van der Waals surface area contributed by atoms with Crippen LogP contribution >= 0.6 is 11.3 Å². The number of carbonyl (C=O) groups is 1. The van der Waals surface area contributed by atoms with Crippen molar-refractivity contribution in [1.29, 1.82) is 0 Å². The van der Waals surface area contributed by atoms with E-state index >= 15 is 0 Å². The summed E-state index contributed by atoms with van der Waals surface area (Å²) in [4.78, 5) is 19.3. The Morgan fingerprint density at radius 3 is 2.58 bits per heavy atom. The zero-order chi connectivity index (χ0) is 18.5. The van der Waals surface area contributed by atoms with Crippen LogP contribution in [0, 0.1) is 5.92 Å². The van der Waals surface area contributed by atoms with Crippen molar-refractivity contribution in [2.75, 3.05) is 26.2 Å². The van der Waals surface area contributed by atoms with Crippen molar-refractivity contribution in [1.82, 2.24) is 15.2 Å². The molecule has 1 aromatic carbocycles. The average Bonchev–Trinajstić information content (AvgIpc) is 3.16. The van der Waals surface area contributed by atoms with E-state index in [2.05, 4.69) is 55.3 Å². The maximum Gasteiger partial charge on any atom is 0.273 e. The quantitative estimate of drug-likeness (QED) is 0.819. The second-order valence-corrected chi connectivity index (χ2v) is 8.22. The number of nitrogens with one attached hydrogen (secondary N) is 1. The molecular formula is C21H29N3OS. The number of benzene rings is 1. The summed E-state index contributed by atoms with van der Waals surface area (Å²) in [5.41, 5.74) is 2.99. The van der Waals surface area contributed by atoms with E-state index in [1.165, 1.54) is 5.56 Å². The van der Waals surface area contributed by atoms with Crippen LogP contribution in [0.5, 0.6) is 0 Å². The van der Waals surface area contributed by atoms with E-state index < -0.39 is 0 Å². The molecule has 0 saturated carbocycles. The van der Waals surface area contributed by atoms with Gasteiger partial charge in [-0.25, -0.2) is 4.98 Å². The summed E-state index contributed by atoms with van der Waals surface area (Å²) in [6.45, 7) is 10.3. The zero-order valence-corrected chi connectivity index (χ0v) is 16.8. The Bertz CT molecular complexity index is 715. The monoisotopic (exact) mass is 371 g/mol. The molecule has 1 aromatic heterocycles. The number of thiazole rings is 1. The van der Waals surface area contributed by atoms with Crippen LogP contribution in [-0.4, -0.2) is 42.0 Å². The second-order valence-electron chi connectivity index (χ2n) is 7.36. The van der Waals surface area contributed by atoms with Gasteiger partial charge in [0.05, 0.1) is 0 Å². The third-order valence-electron chi connectivity index (χ3n) is 5.13. The molecule has 3 rings (SSSR count). The van der Waals surface area contributed by atoms with E-state index in [-0.39, 0.29) is 5.91 Å². The number of rotatable bonds is 6. The first-order valence-corrected chi connectivity index (χ1v) is 10.5. The van der Waals surface area contributed by atoms with Crippen LogP contribution in [0.25, 0.3) is 10.6 Å². The van der Waals surface area contributed by atoms with Crippen molar-refractivity contribution in [2.24, 2.45) is 5.92 Å². The molecule has 1 amide bonds. The van der Waals surface area contributed by atoms with Crippen molar-refractivity contribution >= 4 is 17.2 Å². The van der Waals surface area contributed by atoms with Crippen LogP contribution in [0.1, 0.15) is 55.6 Å². The predicted octanol–water partition coefficient (Wildman–Crippen LogP) is 4.40. The fourth-order valence-corrected chi connectivity index (χ4v) is 4.17. The zero-order valence-electron chi connectivity index (χ0n) is 16.0. The Labute approximate surface area is 160 Å². The molecule has 2 aromatic rings. The van der Waals surface area contributed by atoms with Gasteiger partial charge in [0.15, 0.2) is 0 Å². The topological polar surface area (TPSA) is 45.2 Å². The van der Waals surface area contributed by atoms with Crippen molar-refractivity contribution in [3.8, 4) is 10.6 Å². The van der Waals surface area contributed by atoms with Gasteiger partial charge in [0, 0.05) is 24.0 Å². The normalized spacial score (nSPS) is 15.6. The molecule has 1 aliphatic rings. The predicted molar refractivity (Wildman–Crippen MR) is 109 cm³/mol. The summed E-state index contributed by atoms with van der Waals surface area (Å²) in [5.74, 6) is 1.28. The summed E-state index contributed by atoms with van der Waals surface area (Å²) in [7, 11) is 0. The van der Waals surface area contributed by atoms with Gasteiger partial charge in [0.2, 0.25) is 0 Å². The summed E-state index contributed by atoms with van der Waals surface area (Å²) in [5, 5.41) is 6.24. The summed E-state index contributed by atoms with van der Waals surface area (Å²) in [6.07, 6.45) is 2.15. The number of amides is 1. The smallest absolute Gasteiger partial charge is 0.273 e. The first kappa shape index (κ1) is 19.1. The minimum absolute atomic E-state index is 0.0770. The molecule has 2 heterocycles. The number of aromatic nitrogens is 1. The Balaban J connectivity index is 1.61. The van der Waals surface area contributed by atoms with Crippen LogP contribution in [0.15, 0.2) is 29.6 Å². The number of piperidine rings is 1. The van der Waals surface area contributed by atoms with Crippen molar-refractivity contribution in [3.05, 3.63) is 40.9 Å². The Kier molecular flexibility index (Phi) is 6.43. The highest BCUT2D eigenvalue weighted by Gasteiger charge is 2.25. The largest absolute Gasteiger partial charge is 0.337 e. The number of carbonyl (C=O) groups excluding carboxylic acids is 1. The molecule has 0 radical (unpaired) electrons. The Morgan fingerprint density at radius 2 is 1.96 bits per heavy atom. The van der Waals surface area contributed by atoms with Gasteiger partial charge >= 0.3 is 0 Å². The second kappa shape index (κ2) is 8.78. The first-order valence-electron chi connectivity index (χ1n) is 9.64. The van der Waals surface area contributed by atoms with Crippen LogP contribution in [0.2, 0.25) is 0 Å². The van der Waals surface area contributed by atoms with Gasteiger partial charge in [0.25, 0.3) is 5.91 Å². The van der Waals surface area contributed by atoms with E-state index in [0.29, 0.717) is 17.5 Å². The SMILES string of the molecule is CCNCC1CCN(C(=O)c2csc(-c3ccc(C(C)C)cc3)n2)CC1. The van der Waals surface area contributed by atoms with Crippen molar-refractivity contribution < 1.29 is 4.79 Å². The number of hydrogen-bond acceptors (Lipinski definition) is 4. The molecule has 0 unspecified atom stereocenters. The van der Waals surface area contributed by atoms with Crippen LogP contribution < -0.4 is 5.32 Å². The molecule has 5 heteroatoms. The highest BCUT2D eigenvalue weighted by atomic mass is 32.1. The highest BCUT2D eigenvalue weighted by Crippen LogP contribution is 2.27. The molecule has 1 saturated heterocycles. The number of likely N-dealkylation sites (tertiary alicyclic amines) is 1. The molecule has 0 aliphatic carbocycles. The van der Waals surface area contributed by atoms with Crippen molar-refractivity contribution in [3.63, 3.8) is 0 Å². The lowest BCUT2D eigenvalue weighted by atomic mass is 9.96. The molecule has 0 spiro atoms. The average molecular weight is 372 g/mol.